The molecule has 0 atom stereocenters. The van der Waals surface area contributed by atoms with Crippen molar-refractivity contribution in [3.63, 3.8) is 0 Å². The second-order valence-electron chi connectivity index (χ2n) is 6.16. The summed E-state index contributed by atoms with van der Waals surface area (Å²) in [6.45, 7) is 0.882. The van der Waals surface area contributed by atoms with Gasteiger partial charge in [-0.25, -0.2) is 9.78 Å². The van der Waals surface area contributed by atoms with E-state index in [1.54, 1.807) is 60.7 Å². The van der Waals surface area contributed by atoms with Crippen LogP contribution >= 0.6 is 11.6 Å². The van der Waals surface area contributed by atoms with Crippen molar-refractivity contribution in [1.82, 2.24) is 4.98 Å². The van der Waals surface area contributed by atoms with Crippen molar-refractivity contribution in [2.75, 3.05) is 11.9 Å². The second-order valence-corrected chi connectivity index (χ2v) is 6.52. The van der Waals surface area contributed by atoms with E-state index < -0.39 is 18.5 Å². The SMILES string of the molecule is CC(=O)Oc1ccc(-c2ccc(C(=O)OCC(=O)Nc3cccnc3Cl)cc2)cc1. The van der Waals surface area contributed by atoms with Gasteiger partial charge in [0, 0.05) is 13.1 Å². The maximum absolute atomic E-state index is 12.2. The van der Waals surface area contributed by atoms with Crippen LogP contribution in [0.1, 0.15) is 17.3 Å². The average molecular weight is 425 g/mol. The predicted molar refractivity (Wildman–Crippen MR) is 111 cm³/mol. The molecule has 0 aliphatic rings. The number of ether oxygens (including phenoxy) is 2. The van der Waals surface area contributed by atoms with Gasteiger partial charge in [0.2, 0.25) is 0 Å². The summed E-state index contributed by atoms with van der Waals surface area (Å²) in [4.78, 5) is 38.9. The zero-order valence-electron chi connectivity index (χ0n) is 15.9. The lowest BCUT2D eigenvalue weighted by atomic mass is 10.0. The number of pyridine rings is 1. The first kappa shape index (κ1) is 21.0. The van der Waals surface area contributed by atoms with E-state index in [2.05, 4.69) is 10.3 Å². The highest BCUT2D eigenvalue weighted by Crippen LogP contribution is 2.23. The van der Waals surface area contributed by atoms with Gasteiger partial charge in [0.1, 0.15) is 5.75 Å². The number of esters is 2. The van der Waals surface area contributed by atoms with E-state index in [-0.39, 0.29) is 11.1 Å². The molecule has 0 aliphatic heterocycles. The number of nitrogens with one attached hydrogen (secondary N) is 1. The van der Waals surface area contributed by atoms with Crippen LogP contribution in [0.15, 0.2) is 66.9 Å². The van der Waals surface area contributed by atoms with Crippen LogP contribution in [-0.4, -0.2) is 29.4 Å². The molecule has 0 spiro atoms. The van der Waals surface area contributed by atoms with Gasteiger partial charge in [-0.15, -0.1) is 0 Å². The van der Waals surface area contributed by atoms with E-state index in [1.807, 2.05) is 0 Å². The van der Waals surface area contributed by atoms with Crippen molar-refractivity contribution in [3.05, 3.63) is 77.6 Å². The number of halogens is 1. The molecule has 3 aromatic rings. The van der Waals surface area contributed by atoms with Crippen molar-refractivity contribution in [3.8, 4) is 16.9 Å². The monoisotopic (exact) mass is 424 g/mol. The predicted octanol–water partition coefficient (Wildman–Crippen LogP) is 4.12. The highest BCUT2D eigenvalue weighted by molar-refractivity contribution is 6.32. The van der Waals surface area contributed by atoms with Crippen LogP contribution in [0.2, 0.25) is 5.15 Å². The summed E-state index contributed by atoms with van der Waals surface area (Å²) in [6, 6.07) is 16.9. The van der Waals surface area contributed by atoms with Crippen molar-refractivity contribution >= 4 is 35.1 Å². The number of carbonyl (C=O) groups excluding carboxylic acids is 3. The van der Waals surface area contributed by atoms with E-state index in [0.717, 1.165) is 11.1 Å². The van der Waals surface area contributed by atoms with Crippen LogP contribution in [0.25, 0.3) is 11.1 Å². The van der Waals surface area contributed by atoms with Crippen LogP contribution in [0, 0.1) is 0 Å². The Labute approximate surface area is 177 Å². The Bertz CT molecular complexity index is 1070. The molecular formula is C22H17ClN2O5. The fraction of sp³-hybridized carbons (Fsp3) is 0.0909. The van der Waals surface area contributed by atoms with Crippen LogP contribution in [0.5, 0.6) is 5.75 Å². The first-order chi connectivity index (χ1) is 14.4. The summed E-state index contributed by atoms with van der Waals surface area (Å²) in [5.74, 6) is -1.08. The van der Waals surface area contributed by atoms with Crippen molar-refractivity contribution in [2.24, 2.45) is 0 Å². The lowest BCUT2D eigenvalue weighted by Crippen LogP contribution is -2.21. The van der Waals surface area contributed by atoms with Crippen molar-refractivity contribution in [2.45, 2.75) is 6.92 Å². The molecule has 0 unspecified atom stereocenters. The van der Waals surface area contributed by atoms with Gasteiger partial charge in [-0.3, -0.25) is 9.59 Å². The average Bonchev–Trinajstić information content (AvgIpc) is 2.74. The number of benzene rings is 2. The maximum Gasteiger partial charge on any atom is 0.338 e. The minimum absolute atomic E-state index is 0.147. The number of hydrogen-bond donors (Lipinski definition) is 1. The van der Waals surface area contributed by atoms with E-state index in [4.69, 9.17) is 21.1 Å². The Morgan fingerprint density at radius 3 is 2.20 bits per heavy atom. The van der Waals surface area contributed by atoms with Gasteiger partial charge in [-0.1, -0.05) is 35.9 Å². The molecule has 2 aromatic carbocycles. The zero-order valence-corrected chi connectivity index (χ0v) is 16.7. The minimum Gasteiger partial charge on any atom is -0.452 e. The van der Waals surface area contributed by atoms with Gasteiger partial charge >= 0.3 is 11.9 Å². The first-order valence-electron chi connectivity index (χ1n) is 8.89. The molecule has 0 fully saturated rings. The molecule has 152 valence electrons. The molecule has 1 heterocycles. The van der Waals surface area contributed by atoms with Gasteiger partial charge in [-0.05, 0) is 47.5 Å². The molecule has 8 heteroatoms. The van der Waals surface area contributed by atoms with Gasteiger partial charge in [0.15, 0.2) is 11.8 Å². The number of anilines is 1. The fourth-order valence-corrected chi connectivity index (χ4v) is 2.73. The van der Waals surface area contributed by atoms with Gasteiger partial charge < -0.3 is 14.8 Å². The summed E-state index contributed by atoms with van der Waals surface area (Å²) in [6.07, 6.45) is 1.50. The zero-order chi connectivity index (χ0) is 21.5. The first-order valence-corrected chi connectivity index (χ1v) is 9.26. The number of rotatable bonds is 6. The van der Waals surface area contributed by atoms with Gasteiger partial charge in [0.25, 0.3) is 5.91 Å². The molecule has 0 aliphatic carbocycles. The molecule has 1 N–H and O–H groups in total. The molecule has 0 bridgehead atoms. The number of aromatic nitrogens is 1. The van der Waals surface area contributed by atoms with E-state index >= 15 is 0 Å². The van der Waals surface area contributed by atoms with E-state index in [1.165, 1.54) is 13.1 Å². The summed E-state index contributed by atoms with van der Waals surface area (Å²) in [5.41, 5.74) is 2.40. The van der Waals surface area contributed by atoms with Crippen molar-refractivity contribution in [1.29, 1.82) is 0 Å². The molecule has 1 amide bonds. The third-order valence-electron chi connectivity index (χ3n) is 3.94. The summed E-state index contributed by atoms with van der Waals surface area (Å²) in [7, 11) is 0. The Morgan fingerprint density at radius 2 is 1.60 bits per heavy atom. The van der Waals surface area contributed by atoms with Crippen LogP contribution < -0.4 is 10.1 Å². The van der Waals surface area contributed by atoms with Crippen LogP contribution in [-0.2, 0) is 14.3 Å². The molecule has 1 aromatic heterocycles. The standard InChI is InChI=1S/C22H17ClN2O5/c1-14(26)30-18-10-8-16(9-11-18)15-4-6-17(7-5-15)22(28)29-13-20(27)25-19-3-2-12-24-21(19)23/h2-12H,13H2,1H3,(H,25,27). The Balaban J connectivity index is 1.56. The lowest BCUT2D eigenvalue weighted by molar-refractivity contribution is -0.131. The minimum atomic E-state index is -0.626. The number of nitrogens with zero attached hydrogens (tertiary/aromatic N) is 1. The summed E-state index contributed by atoms with van der Waals surface area (Å²) >= 11 is 5.87. The summed E-state index contributed by atoms with van der Waals surface area (Å²) in [5, 5.41) is 2.67. The fourth-order valence-electron chi connectivity index (χ4n) is 2.56. The van der Waals surface area contributed by atoms with Crippen LogP contribution in [0.4, 0.5) is 5.69 Å². The maximum atomic E-state index is 12.2. The quantitative estimate of drug-likeness (QED) is 0.363. The topological polar surface area (TPSA) is 94.6 Å². The Hall–Kier alpha value is -3.71. The van der Waals surface area contributed by atoms with Gasteiger partial charge in [0.05, 0.1) is 11.3 Å². The second kappa shape index (κ2) is 9.67. The Morgan fingerprint density at radius 1 is 0.967 bits per heavy atom. The molecular weight excluding hydrogens is 408 g/mol. The van der Waals surface area contributed by atoms with Crippen LogP contribution in [0.3, 0.4) is 0 Å². The molecule has 0 saturated heterocycles. The molecule has 30 heavy (non-hydrogen) atoms. The molecule has 0 saturated carbocycles. The molecule has 3 rings (SSSR count). The Kier molecular flexibility index (Phi) is 6.77. The molecule has 7 nitrogen and oxygen atoms in total. The normalized spacial score (nSPS) is 10.2. The highest BCUT2D eigenvalue weighted by atomic mass is 35.5. The third kappa shape index (κ3) is 5.65. The van der Waals surface area contributed by atoms with Crippen molar-refractivity contribution < 1.29 is 23.9 Å². The van der Waals surface area contributed by atoms with E-state index in [0.29, 0.717) is 17.0 Å². The molecule has 0 radical (unpaired) electrons. The smallest absolute Gasteiger partial charge is 0.338 e. The summed E-state index contributed by atoms with van der Waals surface area (Å²) < 4.78 is 10.0. The number of amides is 1. The third-order valence-corrected chi connectivity index (χ3v) is 4.24. The van der Waals surface area contributed by atoms with Gasteiger partial charge in [-0.2, -0.15) is 0 Å². The highest BCUT2D eigenvalue weighted by Gasteiger charge is 2.12. The largest absolute Gasteiger partial charge is 0.452 e. The van der Waals surface area contributed by atoms with E-state index in [9.17, 15) is 14.4 Å². The number of hydrogen-bond acceptors (Lipinski definition) is 6. The number of carbonyl (C=O) groups is 3. The lowest BCUT2D eigenvalue weighted by Gasteiger charge is -2.08.